The second-order valence-electron chi connectivity index (χ2n) is 3.59. The summed E-state index contributed by atoms with van der Waals surface area (Å²) in [6, 6.07) is 1.44. The van der Waals surface area contributed by atoms with Gasteiger partial charge in [0.15, 0.2) is 0 Å². The molecular weight excluding hydrogens is 219 g/mol. The summed E-state index contributed by atoms with van der Waals surface area (Å²) in [5.41, 5.74) is 6.40. The Balaban J connectivity index is 2.59. The summed E-state index contributed by atoms with van der Waals surface area (Å²) >= 11 is 0. The molecule has 0 saturated carbocycles. The van der Waals surface area contributed by atoms with Crippen LogP contribution in [-0.2, 0) is 0 Å². The van der Waals surface area contributed by atoms with E-state index in [1.807, 2.05) is 0 Å². The molecule has 0 aromatic carbocycles. The average Bonchev–Trinajstić information content (AvgIpc) is 2.60. The van der Waals surface area contributed by atoms with Crippen molar-refractivity contribution in [1.29, 1.82) is 0 Å². The van der Waals surface area contributed by atoms with Crippen LogP contribution in [0.15, 0.2) is 24.5 Å². The van der Waals surface area contributed by atoms with Crippen molar-refractivity contribution >= 4 is 5.65 Å². The summed E-state index contributed by atoms with van der Waals surface area (Å²) in [5.74, 6) is 0. The maximum Gasteiger partial charge on any atom is 0.409 e. The van der Waals surface area contributed by atoms with E-state index in [1.165, 1.54) is 16.8 Å². The van der Waals surface area contributed by atoms with Gasteiger partial charge in [0.25, 0.3) is 0 Å². The van der Waals surface area contributed by atoms with Gasteiger partial charge >= 0.3 is 6.18 Å². The van der Waals surface area contributed by atoms with Crippen molar-refractivity contribution in [3.05, 3.63) is 35.8 Å². The number of nitrogens with two attached hydrogens (primary N) is 1. The number of aryl methyl sites for hydroxylation is 1. The number of fused-ring (bicyclic) bond motifs is 1. The largest absolute Gasteiger partial charge is 0.409 e. The number of hydrogen-bond donors (Lipinski definition) is 1. The number of aromatic nitrogens is 2. The lowest BCUT2D eigenvalue weighted by molar-refractivity contribution is -0.150. The van der Waals surface area contributed by atoms with E-state index in [9.17, 15) is 13.2 Å². The van der Waals surface area contributed by atoms with Gasteiger partial charge in [0.1, 0.15) is 11.7 Å². The molecular formula is C10H10F3N3. The summed E-state index contributed by atoms with van der Waals surface area (Å²) in [6.45, 7) is 1.78. The molecule has 0 spiro atoms. The highest BCUT2D eigenvalue weighted by Gasteiger charge is 2.39. The van der Waals surface area contributed by atoms with Crippen LogP contribution in [0, 0.1) is 6.92 Å². The Morgan fingerprint density at radius 2 is 2.12 bits per heavy atom. The van der Waals surface area contributed by atoms with Crippen LogP contribution in [0.5, 0.6) is 0 Å². The molecule has 0 amide bonds. The molecule has 6 heteroatoms. The molecule has 86 valence electrons. The molecule has 0 aliphatic carbocycles. The van der Waals surface area contributed by atoms with Gasteiger partial charge in [-0.3, -0.25) is 0 Å². The second-order valence-corrected chi connectivity index (χ2v) is 3.59. The maximum absolute atomic E-state index is 12.5. The Hall–Kier alpha value is -1.56. The zero-order valence-electron chi connectivity index (χ0n) is 8.49. The molecule has 0 fully saturated rings. The Morgan fingerprint density at radius 1 is 1.44 bits per heavy atom. The topological polar surface area (TPSA) is 43.3 Å². The van der Waals surface area contributed by atoms with Crippen LogP contribution >= 0.6 is 0 Å². The first-order valence-electron chi connectivity index (χ1n) is 4.66. The average molecular weight is 229 g/mol. The van der Waals surface area contributed by atoms with Gasteiger partial charge in [-0.05, 0) is 18.6 Å². The van der Waals surface area contributed by atoms with E-state index in [0.717, 1.165) is 5.56 Å². The van der Waals surface area contributed by atoms with Gasteiger partial charge in [0, 0.05) is 6.20 Å². The number of halogens is 3. The molecule has 0 aliphatic heterocycles. The predicted octanol–water partition coefficient (Wildman–Crippen LogP) is 2.20. The van der Waals surface area contributed by atoms with E-state index in [4.69, 9.17) is 5.73 Å². The fourth-order valence-electron chi connectivity index (χ4n) is 1.57. The molecule has 2 rings (SSSR count). The van der Waals surface area contributed by atoms with Crippen molar-refractivity contribution in [1.82, 2.24) is 9.38 Å². The van der Waals surface area contributed by atoms with Crippen LogP contribution in [0.3, 0.4) is 0 Å². The third-order valence-electron chi connectivity index (χ3n) is 2.43. The van der Waals surface area contributed by atoms with E-state index in [2.05, 4.69) is 4.98 Å². The van der Waals surface area contributed by atoms with E-state index in [0.29, 0.717) is 5.65 Å². The van der Waals surface area contributed by atoms with Gasteiger partial charge < -0.3 is 10.1 Å². The van der Waals surface area contributed by atoms with E-state index in [1.54, 1.807) is 19.1 Å². The van der Waals surface area contributed by atoms with Gasteiger partial charge in [-0.25, -0.2) is 4.98 Å². The van der Waals surface area contributed by atoms with Crippen molar-refractivity contribution in [2.45, 2.75) is 19.1 Å². The zero-order chi connectivity index (χ0) is 11.9. The van der Waals surface area contributed by atoms with E-state index >= 15 is 0 Å². The fourth-order valence-corrected chi connectivity index (χ4v) is 1.57. The molecule has 0 radical (unpaired) electrons. The zero-order valence-corrected chi connectivity index (χ0v) is 8.49. The van der Waals surface area contributed by atoms with Crippen LogP contribution in [0.4, 0.5) is 13.2 Å². The number of alkyl halides is 3. The Bertz CT molecular complexity index is 515. The van der Waals surface area contributed by atoms with Gasteiger partial charge in [-0.2, -0.15) is 13.2 Å². The predicted molar refractivity (Wildman–Crippen MR) is 52.9 cm³/mol. The van der Waals surface area contributed by atoms with Crippen molar-refractivity contribution < 1.29 is 13.2 Å². The molecule has 2 N–H and O–H groups in total. The molecule has 3 nitrogen and oxygen atoms in total. The lowest BCUT2D eigenvalue weighted by Crippen LogP contribution is -2.29. The van der Waals surface area contributed by atoms with Crippen LogP contribution in [0.1, 0.15) is 17.3 Å². The number of pyridine rings is 1. The molecule has 0 aliphatic rings. The minimum atomic E-state index is -4.46. The van der Waals surface area contributed by atoms with Crippen molar-refractivity contribution in [3.63, 3.8) is 0 Å². The standard InChI is InChI=1S/C10H10F3N3/c1-6-3-2-4-16-7(5-15-9(6)16)8(14)10(11,12)13/h2-5,8H,14H2,1H3. The molecule has 0 saturated heterocycles. The Kier molecular flexibility index (Phi) is 2.38. The number of rotatable bonds is 1. The van der Waals surface area contributed by atoms with Gasteiger partial charge in [0.2, 0.25) is 0 Å². The third-order valence-corrected chi connectivity index (χ3v) is 2.43. The van der Waals surface area contributed by atoms with Gasteiger partial charge in [-0.1, -0.05) is 6.07 Å². The van der Waals surface area contributed by atoms with Gasteiger partial charge in [0.05, 0.1) is 11.9 Å². The molecule has 2 heterocycles. The van der Waals surface area contributed by atoms with Crippen molar-refractivity contribution in [2.24, 2.45) is 5.73 Å². The SMILES string of the molecule is Cc1cccn2c(C(N)C(F)(F)F)cnc12. The highest BCUT2D eigenvalue weighted by molar-refractivity contribution is 5.48. The van der Waals surface area contributed by atoms with Crippen LogP contribution in [0.25, 0.3) is 5.65 Å². The second kappa shape index (κ2) is 3.48. The Labute approximate surface area is 89.7 Å². The quantitative estimate of drug-likeness (QED) is 0.814. The maximum atomic E-state index is 12.5. The number of hydrogen-bond acceptors (Lipinski definition) is 2. The molecule has 2 aromatic heterocycles. The summed E-state index contributed by atoms with van der Waals surface area (Å²) in [6.07, 6.45) is -1.77. The molecule has 1 atom stereocenters. The normalized spacial score (nSPS) is 14.3. The molecule has 2 aromatic rings. The van der Waals surface area contributed by atoms with Crippen LogP contribution < -0.4 is 5.73 Å². The van der Waals surface area contributed by atoms with Crippen molar-refractivity contribution in [2.75, 3.05) is 0 Å². The highest BCUT2D eigenvalue weighted by Crippen LogP contribution is 2.30. The van der Waals surface area contributed by atoms with Gasteiger partial charge in [-0.15, -0.1) is 0 Å². The molecule has 16 heavy (non-hydrogen) atoms. The summed E-state index contributed by atoms with van der Waals surface area (Å²) in [5, 5.41) is 0. The fraction of sp³-hybridized carbons (Fsp3) is 0.300. The summed E-state index contributed by atoms with van der Waals surface area (Å²) < 4.78 is 38.8. The van der Waals surface area contributed by atoms with Crippen molar-refractivity contribution in [3.8, 4) is 0 Å². The van der Waals surface area contributed by atoms with Crippen LogP contribution in [-0.4, -0.2) is 15.6 Å². The summed E-state index contributed by atoms with van der Waals surface area (Å²) in [7, 11) is 0. The highest BCUT2D eigenvalue weighted by atomic mass is 19.4. The lowest BCUT2D eigenvalue weighted by atomic mass is 10.2. The first-order chi connectivity index (χ1) is 7.41. The smallest absolute Gasteiger partial charge is 0.315 e. The third kappa shape index (κ3) is 1.65. The summed E-state index contributed by atoms with van der Waals surface area (Å²) in [4.78, 5) is 3.94. The lowest BCUT2D eigenvalue weighted by Gasteiger charge is -2.15. The first-order valence-corrected chi connectivity index (χ1v) is 4.66. The van der Waals surface area contributed by atoms with E-state index < -0.39 is 12.2 Å². The monoisotopic (exact) mass is 229 g/mol. The minimum absolute atomic E-state index is 0.0498. The van der Waals surface area contributed by atoms with Crippen LogP contribution in [0.2, 0.25) is 0 Å². The van der Waals surface area contributed by atoms with E-state index in [-0.39, 0.29) is 5.69 Å². The number of imidazole rings is 1. The minimum Gasteiger partial charge on any atom is -0.315 e. The Morgan fingerprint density at radius 3 is 2.75 bits per heavy atom. The number of nitrogens with zero attached hydrogens (tertiary/aromatic N) is 2. The molecule has 1 unspecified atom stereocenters. The first kappa shape index (κ1) is 10.9. The molecule has 0 bridgehead atoms.